The summed E-state index contributed by atoms with van der Waals surface area (Å²) in [4.78, 5) is 29.7. The molecule has 2 unspecified atom stereocenters. The van der Waals surface area contributed by atoms with Crippen LogP contribution in [0.1, 0.15) is 231 Å². The van der Waals surface area contributed by atoms with Gasteiger partial charge in [-0.25, -0.2) is 0 Å². The Bertz CT molecular complexity index is 3020. The number of thioether (sulfide) groups is 4. The van der Waals surface area contributed by atoms with Crippen molar-refractivity contribution in [1.29, 1.82) is 0 Å². The van der Waals surface area contributed by atoms with Crippen LogP contribution in [-0.4, -0.2) is 22.9 Å². The highest BCUT2D eigenvalue weighted by atomic mass is 32.2. The molecule has 0 amide bonds. The normalized spacial score (nSPS) is 16.6. The third kappa shape index (κ3) is 16.6. The Kier molecular flexibility index (Phi) is 24.0. The van der Waals surface area contributed by atoms with E-state index in [-0.39, 0.29) is 15.9 Å². The van der Waals surface area contributed by atoms with Crippen molar-refractivity contribution in [2.45, 2.75) is 197 Å². The molecule has 0 aliphatic heterocycles. The second kappa shape index (κ2) is 31.4. The Balaban J connectivity index is 1.07. The summed E-state index contributed by atoms with van der Waals surface area (Å²) in [6, 6.07) is 37.7. The number of aryl methyl sites for hydroxylation is 3. The van der Waals surface area contributed by atoms with Crippen molar-refractivity contribution < 1.29 is 9.59 Å². The summed E-state index contributed by atoms with van der Waals surface area (Å²) in [7, 11) is 0. The third-order valence-electron chi connectivity index (χ3n) is 16.7. The van der Waals surface area contributed by atoms with Gasteiger partial charge >= 0.3 is 0 Å². The molecule has 3 aliphatic rings. The molecule has 4 aromatic carbocycles. The van der Waals surface area contributed by atoms with Crippen LogP contribution in [0.5, 0.6) is 0 Å². The maximum absolute atomic E-state index is 12.8. The van der Waals surface area contributed by atoms with Gasteiger partial charge in [-0.2, -0.15) is 0 Å². The minimum absolute atomic E-state index is 0.0232. The van der Waals surface area contributed by atoms with E-state index < -0.39 is 0 Å². The van der Waals surface area contributed by atoms with Crippen LogP contribution in [0, 0.1) is 5.41 Å². The standard InChI is InChI=1S/C73H88O2S6/c1-6-10-14-18-22-52-26-32-56(33-27-52)48-76-71(77-49-57-34-28-53(29-35-57)23-19-15-11-7-2)67-61-44-64-62(45-63(61)69-65(67)42-59(46-74)80-69)68(66-43-60(47-75)81-70(64)66)72(78-50-58-36-30-54(31-37-58)24-20-16-12-8-3)79-51-73(5)40-38-55(39-41-73)25-21-17-13-9-4/h26-40,42-47,67,71H,6-25,41,48-51H2,1-5H3/b72-68-. The van der Waals surface area contributed by atoms with Crippen LogP contribution in [0.4, 0.5) is 0 Å². The molecule has 0 N–H and O–H groups in total. The lowest BCUT2D eigenvalue weighted by Crippen LogP contribution is -2.18. The number of aldehydes is 2. The van der Waals surface area contributed by atoms with E-state index in [1.54, 1.807) is 22.7 Å². The van der Waals surface area contributed by atoms with Gasteiger partial charge in [0, 0.05) is 59.6 Å². The smallest absolute Gasteiger partial charge is 0.160 e. The number of hydrogen-bond acceptors (Lipinski definition) is 8. The lowest BCUT2D eigenvalue weighted by Gasteiger charge is -2.28. The Morgan fingerprint density at radius 3 is 1.52 bits per heavy atom. The van der Waals surface area contributed by atoms with E-state index in [2.05, 4.69) is 173 Å². The van der Waals surface area contributed by atoms with E-state index in [4.69, 9.17) is 0 Å². The topological polar surface area (TPSA) is 34.1 Å². The first-order valence-corrected chi connectivity index (χ1v) is 36.7. The second-order valence-electron chi connectivity index (χ2n) is 23.4. The summed E-state index contributed by atoms with van der Waals surface area (Å²) in [6.07, 6.45) is 35.7. The molecule has 0 saturated heterocycles. The van der Waals surface area contributed by atoms with Crippen LogP contribution in [-0.2, 0) is 36.5 Å². The summed E-state index contributed by atoms with van der Waals surface area (Å²) in [5.74, 6) is 3.74. The number of benzene rings is 4. The van der Waals surface area contributed by atoms with Gasteiger partial charge in [0.05, 0.1) is 14.3 Å². The summed E-state index contributed by atoms with van der Waals surface area (Å²) < 4.78 is 1.51. The quantitative estimate of drug-likeness (QED) is 0.0224. The van der Waals surface area contributed by atoms with Crippen molar-refractivity contribution in [2.24, 2.45) is 5.41 Å². The molecule has 428 valence electrons. The van der Waals surface area contributed by atoms with Crippen LogP contribution in [0.2, 0.25) is 0 Å². The zero-order chi connectivity index (χ0) is 56.4. The summed E-state index contributed by atoms with van der Waals surface area (Å²) >= 11 is 11.4. The van der Waals surface area contributed by atoms with E-state index in [9.17, 15) is 9.59 Å². The molecule has 0 saturated carbocycles. The van der Waals surface area contributed by atoms with Crippen LogP contribution in [0.3, 0.4) is 0 Å². The van der Waals surface area contributed by atoms with Crippen molar-refractivity contribution in [3.8, 4) is 20.9 Å². The molecule has 8 heteroatoms. The van der Waals surface area contributed by atoms with Crippen LogP contribution in [0.25, 0.3) is 26.5 Å². The molecule has 2 atom stereocenters. The second-order valence-corrected chi connectivity index (χ2v) is 30.4. The molecule has 0 spiro atoms. The number of carbonyl (C=O) groups excluding carboxylic acids is 2. The Morgan fingerprint density at radius 1 is 0.519 bits per heavy atom. The molecule has 81 heavy (non-hydrogen) atoms. The Hall–Kier alpha value is -3.76. The maximum atomic E-state index is 12.8. The van der Waals surface area contributed by atoms with E-state index in [1.165, 1.54) is 201 Å². The van der Waals surface area contributed by atoms with Gasteiger partial charge in [-0.1, -0.05) is 208 Å². The van der Waals surface area contributed by atoms with Crippen molar-refractivity contribution in [2.75, 3.05) is 5.75 Å². The zero-order valence-electron chi connectivity index (χ0n) is 49.2. The first-order valence-electron chi connectivity index (χ1n) is 31.0. The van der Waals surface area contributed by atoms with Crippen LogP contribution >= 0.6 is 69.7 Å². The SMILES string of the molecule is CCCCCCC1=CCC(C)(CS/C(SCc2ccc(CCCCCC)cc2)=C2/c3cc4c(cc3-c3sc(C=O)cc32)C(C(SCc2ccc(CCCCCC)cc2)SCc2ccc(CCCCCC)cc2)c2cc(C=O)sc2-4)C=C1. The highest BCUT2D eigenvalue weighted by Crippen LogP contribution is 2.61. The van der Waals surface area contributed by atoms with Crippen molar-refractivity contribution in [3.05, 3.63) is 190 Å². The van der Waals surface area contributed by atoms with Gasteiger partial charge in [-0.15, -0.1) is 69.7 Å². The first kappa shape index (κ1) is 61.8. The van der Waals surface area contributed by atoms with E-state index in [0.29, 0.717) is 0 Å². The average Bonchev–Trinajstić information content (AvgIpc) is 2.71. The molecule has 2 heterocycles. The third-order valence-corrected chi connectivity index (χ3v) is 24.9. The highest BCUT2D eigenvalue weighted by Gasteiger charge is 2.41. The van der Waals surface area contributed by atoms with Gasteiger partial charge < -0.3 is 0 Å². The number of hydrogen-bond donors (Lipinski definition) is 0. The van der Waals surface area contributed by atoms with Crippen molar-refractivity contribution >= 4 is 87.9 Å². The lowest BCUT2D eigenvalue weighted by molar-refractivity contribution is 0.111. The number of fused-ring (bicyclic) bond motifs is 6. The zero-order valence-corrected chi connectivity index (χ0v) is 54.1. The summed E-state index contributed by atoms with van der Waals surface area (Å²) in [6.45, 7) is 11.6. The molecular formula is C73H88O2S6. The molecule has 0 radical (unpaired) electrons. The van der Waals surface area contributed by atoms with Crippen LogP contribution < -0.4 is 0 Å². The van der Waals surface area contributed by atoms with Gasteiger partial charge in [0.15, 0.2) is 12.6 Å². The van der Waals surface area contributed by atoms with E-state index in [0.717, 1.165) is 71.0 Å². The molecule has 6 aromatic rings. The van der Waals surface area contributed by atoms with Gasteiger partial charge in [-0.05, 0) is 143 Å². The molecule has 9 rings (SSSR count). The van der Waals surface area contributed by atoms with Gasteiger partial charge in [0.25, 0.3) is 0 Å². The van der Waals surface area contributed by atoms with Gasteiger partial charge in [0.1, 0.15) is 0 Å². The van der Waals surface area contributed by atoms with E-state index >= 15 is 0 Å². The summed E-state index contributed by atoms with van der Waals surface area (Å²) in [5.41, 5.74) is 18.7. The first-order chi connectivity index (χ1) is 39.7. The monoisotopic (exact) mass is 1190 g/mol. The maximum Gasteiger partial charge on any atom is 0.160 e. The number of carbonyl (C=O) groups is 2. The number of thiophene rings is 2. The largest absolute Gasteiger partial charge is 0.297 e. The predicted molar refractivity (Wildman–Crippen MR) is 363 cm³/mol. The highest BCUT2D eigenvalue weighted by molar-refractivity contribution is 8.22. The van der Waals surface area contributed by atoms with Crippen molar-refractivity contribution in [1.82, 2.24) is 0 Å². The van der Waals surface area contributed by atoms with Gasteiger partial charge in [-0.3, -0.25) is 9.59 Å². The van der Waals surface area contributed by atoms with Crippen LogP contribution in [0.15, 0.2) is 125 Å². The van der Waals surface area contributed by atoms with Gasteiger partial charge in [0.2, 0.25) is 0 Å². The fourth-order valence-electron chi connectivity index (χ4n) is 11.8. The van der Waals surface area contributed by atoms with Crippen molar-refractivity contribution in [3.63, 3.8) is 0 Å². The molecule has 0 bridgehead atoms. The average molecular weight is 1190 g/mol. The number of unbranched alkanes of at least 4 members (excludes halogenated alkanes) is 12. The predicted octanol–water partition coefficient (Wildman–Crippen LogP) is 23.3. The number of allylic oxidation sites excluding steroid dienone is 4. The summed E-state index contributed by atoms with van der Waals surface area (Å²) in [5, 5.41) is 0. The van der Waals surface area contributed by atoms with E-state index in [1.807, 2.05) is 23.5 Å². The molecule has 0 fully saturated rings. The Morgan fingerprint density at radius 2 is 1.01 bits per heavy atom. The molecule has 3 aliphatic carbocycles. The molecular weight excluding hydrogens is 1100 g/mol. The fourth-order valence-corrected chi connectivity index (χ4v) is 19.3. The minimum atomic E-state index is 0.0232. The Labute approximate surface area is 513 Å². The fraction of sp³-hybridized carbons (Fsp3) is 0.452. The number of rotatable bonds is 35. The molecule has 2 nitrogen and oxygen atoms in total. The lowest BCUT2D eigenvalue weighted by atomic mass is 9.83. The minimum Gasteiger partial charge on any atom is -0.297 e. The molecule has 2 aromatic heterocycles.